The second-order valence-corrected chi connectivity index (χ2v) is 7.15. The molecular formula is C19H31Cl3F2N6. The molecule has 0 bridgehead atoms. The van der Waals surface area contributed by atoms with Crippen LogP contribution in [0.4, 0.5) is 14.6 Å². The van der Waals surface area contributed by atoms with Crippen molar-refractivity contribution in [2.75, 3.05) is 18.4 Å². The van der Waals surface area contributed by atoms with Gasteiger partial charge in [0.2, 0.25) is 10.6 Å². The fraction of sp³-hybridized carbons (Fsp3) is 0.579. The van der Waals surface area contributed by atoms with Crippen LogP contribution in [0.3, 0.4) is 0 Å². The van der Waals surface area contributed by atoms with Gasteiger partial charge in [0.05, 0.1) is 12.4 Å². The van der Waals surface area contributed by atoms with Crippen LogP contribution in [-0.2, 0) is 0 Å². The maximum Gasteiger partial charge on any atom is 0.224 e. The molecule has 2 aromatic heterocycles. The van der Waals surface area contributed by atoms with Crippen LogP contribution < -0.4 is 11.1 Å². The summed E-state index contributed by atoms with van der Waals surface area (Å²) < 4.78 is 25.2. The molecule has 30 heavy (non-hydrogen) atoms. The minimum absolute atomic E-state index is 0. The lowest BCUT2D eigenvalue weighted by Crippen LogP contribution is -2.07. The summed E-state index contributed by atoms with van der Waals surface area (Å²) >= 11 is 16.0. The highest BCUT2D eigenvalue weighted by Gasteiger charge is 2.21. The van der Waals surface area contributed by atoms with E-state index >= 15 is 0 Å². The molecule has 4 rings (SSSR count). The maximum absolute atomic E-state index is 13.0. The Morgan fingerprint density at radius 3 is 1.77 bits per heavy atom. The second kappa shape index (κ2) is 15.5. The van der Waals surface area contributed by atoms with Crippen molar-refractivity contribution < 1.29 is 8.78 Å². The quantitative estimate of drug-likeness (QED) is 0.390. The topological polar surface area (TPSA) is 89.6 Å². The molecular weight excluding hydrogens is 457 g/mol. The van der Waals surface area contributed by atoms with Gasteiger partial charge < -0.3 is 11.1 Å². The molecule has 11 heteroatoms. The first-order valence-electron chi connectivity index (χ1n) is 8.34. The van der Waals surface area contributed by atoms with Gasteiger partial charge in [0, 0.05) is 6.54 Å². The molecule has 0 amide bonds. The molecule has 3 N–H and O–H groups in total. The smallest absolute Gasteiger partial charge is 0.224 e. The van der Waals surface area contributed by atoms with E-state index in [-0.39, 0.29) is 43.8 Å². The van der Waals surface area contributed by atoms with Gasteiger partial charge in [-0.25, -0.2) is 23.7 Å². The predicted octanol–water partition coefficient (Wildman–Crippen LogP) is 6.28. The fourth-order valence-electron chi connectivity index (χ4n) is 1.71. The summed E-state index contributed by atoms with van der Waals surface area (Å²) in [5.41, 5.74) is 5.23. The van der Waals surface area contributed by atoms with E-state index in [1.807, 2.05) is 0 Å². The van der Waals surface area contributed by atoms with Gasteiger partial charge in [-0.1, -0.05) is 33.9 Å². The molecule has 0 atom stereocenters. The monoisotopic (exact) mass is 486 g/mol. The van der Waals surface area contributed by atoms with Crippen molar-refractivity contribution in [2.45, 2.75) is 48.0 Å². The Balaban J connectivity index is 0. The Kier molecular flexibility index (Phi) is 15.9. The molecule has 0 radical (unpaired) electrons. The van der Waals surface area contributed by atoms with Crippen molar-refractivity contribution in [1.29, 1.82) is 0 Å². The van der Waals surface area contributed by atoms with Crippen molar-refractivity contribution in [3.63, 3.8) is 0 Å². The number of hydrogen-bond acceptors (Lipinski definition) is 6. The van der Waals surface area contributed by atoms with Gasteiger partial charge in [-0.05, 0) is 67.3 Å². The SMILES string of the molecule is C.C.C.Fc1cnc(Cl)nc1Cl.Fc1cnc(Cl)nc1NCC1CC1.NCC1CC1. The fourth-order valence-corrected chi connectivity index (χ4v) is 2.15. The van der Waals surface area contributed by atoms with E-state index in [9.17, 15) is 8.78 Å². The van der Waals surface area contributed by atoms with E-state index in [1.54, 1.807) is 0 Å². The van der Waals surface area contributed by atoms with Crippen LogP contribution in [0.5, 0.6) is 0 Å². The first-order valence-corrected chi connectivity index (χ1v) is 9.48. The third kappa shape index (κ3) is 12.4. The van der Waals surface area contributed by atoms with Crippen LogP contribution in [0.2, 0.25) is 15.7 Å². The lowest BCUT2D eigenvalue weighted by molar-refractivity contribution is 0.614. The molecule has 0 unspecified atom stereocenters. The Labute approximate surface area is 193 Å². The third-order valence-corrected chi connectivity index (χ3v) is 4.30. The standard InChI is InChI=1S/C8H9ClFN3.C4HCl2FN2.C4H9N.3CH4/c9-8-12-4-6(10)7(13-8)11-3-5-1-2-5;5-3-2(7)1-8-4(6)9-3;5-3-4-1-2-4;;;/h4-5H,1-3H2,(H,11,12,13);1H;4H,1-3,5H2;3*1H4. The zero-order chi connectivity index (χ0) is 19.8. The molecule has 0 aliphatic heterocycles. The number of anilines is 1. The molecule has 172 valence electrons. The van der Waals surface area contributed by atoms with Crippen LogP contribution in [0.15, 0.2) is 12.4 Å². The van der Waals surface area contributed by atoms with Gasteiger partial charge in [-0.3, -0.25) is 0 Å². The normalized spacial score (nSPS) is 13.7. The lowest BCUT2D eigenvalue weighted by Gasteiger charge is -2.04. The maximum atomic E-state index is 13.0. The molecule has 6 nitrogen and oxygen atoms in total. The van der Waals surface area contributed by atoms with Gasteiger partial charge in [0.1, 0.15) is 0 Å². The van der Waals surface area contributed by atoms with Gasteiger partial charge in [-0.15, -0.1) is 0 Å². The van der Waals surface area contributed by atoms with Gasteiger partial charge in [0.25, 0.3) is 0 Å². The largest absolute Gasteiger partial charge is 0.367 e. The number of nitrogens with two attached hydrogens (primary N) is 1. The average Bonchev–Trinajstić information content (AvgIpc) is 3.54. The molecule has 2 aromatic rings. The number of nitrogens with one attached hydrogen (secondary N) is 1. The summed E-state index contributed by atoms with van der Waals surface area (Å²) in [5, 5.41) is 2.67. The minimum atomic E-state index is -0.666. The summed E-state index contributed by atoms with van der Waals surface area (Å²) in [6.07, 6.45) is 7.19. The van der Waals surface area contributed by atoms with Crippen LogP contribution in [0.1, 0.15) is 48.0 Å². The summed E-state index contributed by atoms with van der Waals surface area (Å²) in [5.74, 6) is 0.668. The lowest BCUT2D eigenvalue weighted by atomic mass is 10.4. The van der Waals surface area contributed by atoms with E-state index in [0.717, 1.165) is 31.4 Å². The Hall–Kier alpha value is -1.35. The summed E-state index contributed by atoms with van der Waals surface area (Å²) in [4.78, 5) is 13.9. The summed E-state index contributed by atoms with van der Waals surface area (Å²) in [6, 6.07) is 0. The van der Waals surface area contributed by atoms with Crippen LogP contribution >= 0.6 is 34.8 Å². The van der Waals surface area contributed by atoms with E-state index in [0.29, 0.717) is 5.92 Å². The first-order chi connectivity index (χ1) is 12.9. The van der Waals surface area contributed by atoms with Gasteiger partial charge in [0.15, 0.2) is 22.6 Å². The van der Waals surface area contributed by atoms with E-state index in [4.69, 9.17) is 40.5 Å². The highest BCUT2D eigenvalue weighted by molar-refractivity contribution is 6.31. The van der Waals surface area contributed by atoms with Crippen molar-refractivity contribution >= 4 is 40.6 Å². The molecule has 0 spiro atoms. The van der Waals surface area contributed by atoms with Crippen LogP contribution in [0.25, 0.3) is 0 Å². The van der Waals surface area contributed by atoms with Crippen molar-refractivity contribution in [1.82, 2.24) is 19.9 Å². The average molecular weight is 488 g/mol. The van der Waals surface area contributed by atoms with E-state index < -0.39 is 11.6 Å². The van der Waals surface area contributed by atoms with Crippen LogP contribution in [-0.4, -0.2) is 33.0 Å². The van der Waals surface area contributed by atoms with Crippen LogP contribution in [0, 0.1) is 23.5 Å². The number of aromatic nitrogens is 4. The third-order valence-electron chi connectivity index (χ3n) is 3.67. The molecule has 0 saturated heterocycles. The zero-order valence-corrected chi connectivity index (χ0v) is 16.6. The second-order valence-electron chi connectivity index (χ2n) is 6.12. The van der Waals surface area contributed by atoms with E-state index in [1.165, 1.54) is 25.7 Å². The van der Waals surface area contributed by atoms with Crippen molar-refractivity contribution in [3.05, 3.63) is 39.7 Å². The molecule has 2 heterocycles. The zero-order valence-electron chi connectivity index (χ0n) is 14.3. The molecule has 2 aliphatic rings. The van der Waals surface area contributed by atoms with Gasteiger partial charge >= 0.3 is 0 Å². The highest BCUT2D eigenvalue weighted by atomic mass is 35.5. The first kappa shape index (κ1) is 30.8. The van der Waals surface area contributed by atoms with E-state index in [2.05, 4.69) is 25.3 Å². The Morgan fingerprint density at radius 1 is 0.867 bits per heavy atom. The number of halogens is 5. The number of rotatable bonds is 4. The Morgan fingerprint density at radius 2 is 1.37 bits per heavy atom. The van der Waals surface area contributed by atoms with Crippen molar-refractivity contribution in [3.8, 4) is 0 Å². The highest BCUT2D eigenvalue weighted by Crippen LogP contribution is 2.29. The Bertz CT molecular complexity index is 746. The number of hydrogen-bond donors (Lipinski definition) is 2. The van der Waals surface area contributed by atoms with Crippen molar-refractivity contribution in [2.24, 2.45) is 17.6 Å². The molecule has 0 aromatic carbocycles. The molecule has 2 fully saturated rings. The number of nitrogens with zero attached hydrogens (tertiary/aromatic N) is 4. The van der Waals surface area contributed by atoms with Gasteiger partial charge in [-0.2, -0.15) is 4.98 Å². The predicted molar refractivity (Wildman–Crippen MR) is 122 cm³/mol. The summed E-state index contributed by atoms with van der Waals surface area (Å²) in [6.45, 7) is 1.68. The summed E-state index contributed by atoms with van der Waals surface area (Å²) in [7, 11) is 0. The molecule has 2 saturated carbocycles. The minimum Gasteiger partial charge on any atom is -0.367 e. The molecule has 2 aliphatic carbocycles.